The molecule has 4 heteroatoms. The predicted molar refractivity (Wildman–Crippen MR) is 82.3 cm³/mol. The fourth-order valence-corrected chi connectivity index (χ4v) is 3.98. The van der Waals surface area contributed by atoms with Gasteiger partial charge in [0.2, 0.25) is 0 Å². The third-order valence-corrected chi connectivity index (χ3v) is 4.99. The van der Waals surface area contributed by atoms with Gasteiger partial charge in [-0.25, -0.2) is 4.79 Å². The molecule has 0 bridgehead atoms. The zero-order valence-electron chi connectivity index (χ0n) is 12.5. The van der Waals surface area contributed by atoms with E-state index >= 15 is 0 Å². The Labute approximate surface area is 125 Å². The van der Waals surface area contributed by atoms with Gasteiger partial charge in [-0.3, -0.25) is 0 Å². The Hall–Kier alpha value is -1.71. The number of aromatic carboxylic acids is 1. The molecule has 0 spiro atoms. The van der Waals surface area contributed by atoms with Crippen LogP contribution in [-0.4, -0.2) is 30.8 Å². The number of nitrogens with zero attached hydrogens (tertiary/aromatic N) is 1. The van der Waals surface area contributed by atoms with Crippen molar-refractivity contribution in [2.24, 2.45) is 5.92 Å². The second-order valence-electron chi connectivity index (χ2n) is 6.14. The fourth-order valence-electron chi connectivity index (χ4n) is 3.98. The molecule has 1 atom stereocenters. The Morgan fingerprint density at radius 2 is 2.00 bits per heavy atom. The van der Waals surface area contributed by atoms with E-state index in [0.717, 1.165) is 30.3 Å². The Balaban J connectivity index is 1.95. The Morgan fingerprint density at radius 3 is 2.67 bits per heavy atom. The van der Waals surface area contributed by atoms with Gasteiger partial charge in [0.1, 0.15) is 5.75 Å². The standard InChI is InChI=1S/C17H23NO3/c1-21-13-8-9-14(17(19)20)16(11-13)18-10-4-7-15(18)12-5-2-3-6-12/h8-9,11-12,15H,2-7,10H2,1H3,(H,19,20). The molecule has 3 rings (SSSR count). The summed E-state index contributed by atoms with van der Waals surface area (Å²) in [7, 11) is 1.62. The number of rotatable bonds is 4. The zero-order chi connectivity index (χ0) is 14.8. The second-order valence-corrected chi connectivity index (χ2v) is 6.14. The molecule has 1 saturated heterocycles. The number of anilines is 1. The molecule has 114 valence electrons. The molecule has 0 radical (unpaired) electrons. The van der Waals surface area contributed by atoms with Gasteiger partial charge in [0.05, 0.1) is 18.4 Å². The molecule has 1 N–H and O–H groups in total. The minimum Gasteiger partial charge on any atom is -0.497 e. The molecular weight excluding hydrogens is 266 g/mol. The van der Waals surface area contributed by atoms with Gasteiger partial charge in [0.25, 0.3) is 0 Å². The molecule has 21 heavy (non-hydrogen) atoms. The van der Waals surface area contributed by atoms with Crippen LogP contribution in [0.5, 0.6) is 5.75 Å². The Morgan fingerprint density at radius 1 is 1.24 bits per heavy atom. The molecule has 1 aromatic carbocycles. The lowest BCUT2D eigenvalue weighted by atomic mass is 9.95. The second kappa shape index (κ2) is 5.96. The van der Waals surface area contributed by atoms with E-state index in [-0.39, 0.29) is 0 Å². The largest absolute Gasteiger partial charge is 0.497 e. The topological polar surface area (TPSA) is 49.8 Å². The zero-order valence-corrected chi connectivity index (χ0v) is 12.5. The highest BCUT2D eigenvalue weighted by Crippen LogP contribution is 2.39. The van der Waals surface area contributed by atoms with Crippen LogP contribution in [0.15, 0.2) is 18.2 Å². The molecule has 4 nitrogen and oxygen atoms in total. The summed E-state index contributed by atoms with van der Waals surface area (Å²) < 4.78 is 5.29. The molecule has 1 aliphatic heterocycles. The summed E-state index contributed by atoms with van der Waals surface area (Å²) in [6.45, 7) is 0.953. The van der Waals surface area contributed by atoms with Crippen LogP contribution in [0.2, 0.25) is 0 Å². The van der Waals surface area contributed by atoms with E-state index in [4.69, 9.17) is 4.74 Å². The van der Waals surface area contributed by atoms with E-state index in [1.807, 2.05) is 6.07 Å². The van der Waals surface area contributed by atoms with Crippen LogP contribution in [0, 0.1) is 5.92 Å². The van der Waals surface area contributed by atoms with E-state index in [1.54, 1.807) is 19.2 Å². The van der Waals surface area contributed by atoms with Crippen molar-refractivity contribution in [2.45, 2.75) is 44.6 Å². The van der Waals surface area contributed by atoms with E-state index in [9.17, 15) is 9.90 Å². The summed E-state index contributed by atoms with van der Waals surface area (Å²) in [5, 5.41) is 9.47. The summed E-state index contributed by atoms with van der Waals surface area (Å²) in [4.78, 5) is 13.9. The third kappa shape index (κ3) is 2.71. The van der Waals surface area contributed by atoms with Gasteiger partial charge in [0.15, 0.2) is 0 Å². The van der Waals surface area contributed by atoms with Crippen LogP contribution >= 0.6 is 0 Å². The summed E-state index contributed by atoms with van der Waals surface area (Å²) in [5.41, 5.74) is 1.22. The van der Waals surface area contributed by atoms with E-state index in [1.165, 1.54) is 32.1 Å². The number of hydrogen-bond donors (Lipinski definition) is 1. The van der Waals surface area contributed by atoms with Crippen LogP contribution in [0.3, 0.4) is 0 Å². The molecule has 0 aromatic heterocycles. The number of ether oxygens (including phenoxy) is 1. The third-order valence-electron chi connectivity index (χ3n) is 4.99. The highest BCUT2D eigenvalue weighted by molar-refractivity contribution is 5.95. The summed E-state index contributed by atoms with van der Waals surface area (Å²) >= 11 is 0. The minimum atomic E-state index is -0.857. The smallest absolute Gasteiger partial charge is 0.337 e. The number of benzene rings is 1. The highest BCUT2D eigenvalue weighted by atomic mass is 16.5. The maximum absolute atomic E-state index is 11.5. The van der Waals surface area contributed by atoms with Gasteiger partial charge < -0.3 is 14.7 Å². The molecule has 1 heterocycles. The van der Waals surface area contributed by atoms with Crippen LogP contribution < -0.4 is 9.64 Å². The molecular formula is C17H23NO3. The van der Waals surface area contributed by atoms with Crippen LogP contribution in [0.1, 0.15) is 48.9 Å². The van der Waals surface area contributed by atoms with Crippen LogP contribution in [-0.2, 0) is 0 Å². The van der Waals surface area contributed by atoms with Gasteiger partial charge in [-0.05, 0) is 43.7 Å². The first kappa shape index (κ1) is 14.2. The quantitative estimate of drug-likeness (QED) is 0.921. The van der Waals surface area contributed by atoms with Gasteiger partial charge >= 0.3 is 5.97 Å². The average Bonchev–Trinajstić information content (AvgIpc) is 3.16. The molecule has 0 amide bonds. The van der Waals surface area contributed by atoms with Crippen molar-refractivity contribution in [3.05, 3.63) is 23.8 Å². The maximum atomic E-state index is 11.5. The van der Waals surface area contributed by atoms with Crippen molar-refractivity contribution in [2.75, 3.05) is 18.6 Å². The van der Waals surface area contributed by atoms with Gasteiger partial charge in [0, 0.05) is 18.7 Å². The van der Waals surface area contributed by atoms with Crippen molar-refractivity contribution < 1.29 is 14.6 Å². The van der Waals surface area contributed by atoms with E-state index in [2.05, 4.69) is 4.90 Å². The molecule has 2 aliphatic rings. The summed E-state index contributed by atoms with van der Waals surface area (Å²) in [5.74, 6) is 0.595. The van der Waals surface area contributed by atoms with Gasteiger partial charge in [-0.15, -0.1) is 0 Å². The maximum Gasteiger partial charge on any atom is 0.337 e. The molecule has 1 aliphatic carbocycles. The predicted octanol–water partition coefficient (Wildman–Crippen LogP) is 3.55. The highest BCUT2D eigenvalue weighted by Gasteiger charge is 2.35. The number of hydrogen-bond acceptors (Lipinski definition) is 3. The molecule has 1 aromatic rings. The van der Waals surface area contributed by atoms with Crippen molar-refractivity contribution in [1.82, 2.24) is 0 Å². The van der Waals surface area contributed by atoms with E-state index in [0.29, 0.717) is 11.6 Å². The summed E-state index contributed by atoms with van der Waals surface area (Å²) in [6.07, 6.45) is 7.54. The molecule has 2 fully saturated rings. The first-order chi connectivity index (χ1) is 10.2. The van der Waals surface area contributed by atoms with Gasteiger partial charge in [-0.1, -0.05) is 12.8 Å². The number of carboxylic acids is 1. The number of carbonyl (C=O) groups is 1. The van der Waals surface area contributed by atoms with Crippen molar-refractivity contribution in [1.29, 1.82) is 0 Å². The lowest BCUT2D eigenvalue weighted by molar-refractivity contribution is 0.0697. The van der Waals surface area contributed by atoms with Crippen molar-refractivity contribution in [3.8, 4) is 5.75 Å². The first-order valence-corrected chi connectivity index (χ1v) is 7.88. The van der Waals surface area contributed by atoms with Crippen LogP contribution in [0.4, 0.5) is 5.69 Å². The first-order valence-electron chi connectivity index (χ1n) is 7.88. The number of carboxylic acid groups (broad SMARTS) is 1. The molecule has 1 unspecified atom stereocenters. The fraction of sp³-hybridized carbons (Fsp3) is 0.588. The Bertz CT molecular complexity index is 523. The van der Waals surface area contributed by atoms with Crippen LogP contribution in [0.25, 0.3) is 0 Å². The molecule has 1 saturated carbocycles. The Kier molecular flexibility index (Phi) is 4.04. The van der Waals surface area contributed by atoms with Crippen molar-refractivity contribution in [3.63, 3.8) is 0 Å². The van der Waals surface area contributed by atoms with E-state index < -0.39 is 5.97 Å². The monoisotopic (exact) mass is 289 g/mol. The normalized spacial score (nSPS) is 22.7. The van der Waals surface area contributed by atoms with Crippen molar-refractivity contribution >= 4 is 11.7 Å². The lowest BCUT2D eigenvalue weighted by Crippen LogP contribution is -2.35. The lowest BCUT2D eigenvalue weighted by Gasteiger charge is -2.32. The number of methoxy groups -OCH3 is 1. The minimum absolute atomic E-state index is 0.390. The van der Waals surface area contributed by atoms with Gasteiger partial charge in [-0.2, -0.15) is 0 Å². The SMILES string of the molecule is COc1ccc(C(=O)O)c(N2CCCC2C2CCCC2)c1. The summed E-state index contributed by atoms with van der Waals surface area (Å²) in [6, 6.07) is 5.78. The average molecular weight is 289 g/mol.